The molecule has 2 saturated carbocycles. The normalized spacial score (nSPS) is 49.5. The van der Waals surface area contributed by atoms with E-state index in [1.807, 2.05) is 32.9 Å². The van der Waals surface area contributed by atoms with Crippen molar-refractivity contribution in [2.75, 3.05) is 0 Å². The summed E-state index contributed by atoms with van der Waals surface area (Å²) in [5.41, 5.74) is -0.251. The standard InChI is InChI=1S/C25H26O7/c1-21(2)17(22(3)7-5-18(26)31-22)11-24(32-21)10-15-16(30-24)4-8-23-13-25(15,23)20(27)29-19(23)14-6-9-28-12-14/h5-7,9-10,12,16-17,19H,4,8,11,13H2,1-3H3/t16-,17-,19+,22+,23-,24+,25-/m1/s1. The van der Waals surface area contributed by atoms with E-state index in [1.54, 1.807) is 12.5 Å². The van der Waals surface area contributed by atoms with Crippen LogP contribution in [0.1, 0.15) is 58.1 Å². The lowest BCUT2D eigenvalue weighted by atomic mass is 9.72. The molecule has 5 heterocycles. The highest BCUT2D eigenvalue weighted by Gasteiger charge is 2.85. The van der Waals surface area contributed by atoms with Crippen LogP contribution in [0.5, 0.6) is 0 Å². The van der Waals surface area contributed by atoms with Crippen molar-refractivity contribution in [3.63, 3.8) is 0 Å². The van der Waals surface area contributed by atoms with Crippen LogP contribution in [-0.2, 0) is 28.5 Å². The zero-order valence-electron chi connectivity index (χ0n) is 18.4. The van der Waals surface area contributed by atoms with Gasteiger partial charge in [0.1, 0.15) is 17.1 Å². The lowest BCUT2D eigenvalue weighted by Crippen LogP contribution is -2.44. The van der Waals surface area contributed by atoms with Gasteiger partial charge in [-0.3, -0.25) is 4.79 Å². The number of cyclic esters (lactones) is 2. The molecule has 32 heavy (non-hydrogen) atoms. The third-order valence-electron chi connectivity index (χ3n) is 8.96. The predicted octanol–water partition coefficient (Wildman–Crippen LogP) is 3.76. The molecule has 1 aromatic heterocycles. The summed E-state index contributed by atoms with van der Waals surface area (Å²) in [5, 5.41) is 0. The quantitative estimate of drug-likeness (QED) is 0.514. The molecule has 7 nitrogen and oxygen atoms in total. The lowest BCUT2D eigenvalue weighted by Gasteiger charge is -2.36. The number of hydrogen-bond acceptors (Lipinski definition) is 7. The van der Waals surface area contributed by atoms with Crippen molar-refractivity contribution < 1.29 is 33.0 Å². The summed E-state index contributed by atoms with van der Waals surface area (Å²) < 4.78 is 30.0. The molecule has 1 aromatic rings. The fourth-order valence-electron chi connectivity index (χ4n) is 7.61. The van der Waals surface area contributed by atoms with Gasteiger partial charge in [0.05, 0.1) is 24.2 Å². The van der Waals surface area contributed by atoms with Gasteiger partial charge < -0.3 is 23.4 Å². The van der Waals surface area contributed by atoms with Crippen molar-refractivity contribution in [1.82, 2.24) is 0 Å². The first-order valence-corrected chi connectivity index (χ1v) is 11.4. The summed E-state index contributed by atoms with van der Waals surface area (Å²) in [6, 6.07) is 1.89. The molecule has 7 heteroatoms. The van der Waals surface area contributed by atoms with Crippen LogP contribution in [0.4, 0.5) is 0 Å². The molecule has 0 N–H and O–H groups in total. The molecule has 0 unspecified atom stereocenters. The Morgan fingerprint density at radius 2 is 2.00 bits per heavy atom. The van der Waals surface area contributed by atoms with E-state index in [-0.39, 0.29) is 35.5 Å². The Balaban J connectivity index is 1.26. The van der Waals surface area contributed by atoms with Crippen LogP contribution in [0.2, 0.25) is 0 Å². The maximum absolute atomic E-state index is 13.2. The molecular weight excluding hydrogens is 412 g/mol. The summed E-state index contributed by atoms with van der Waals surface area (Å²) in [7, 11) is 0. The number of carbonyl (C=O) groups is 2. The average molecular weight is 438 g/mol. The van der Waals surface area contributed by atoms with E-state index in [9.17, 15) is 9.59 Å². The van der Waals surface area contributed by atoms with Crippen LogP contribution >= 0.6 is 0 Å². The molecule has 0 amide bonds. The Kier molecular flexibility index (Phi) is 3.22. The summed E-state index contributed by atoms with van der Waals surface area (Å²) >= 11 is 0. The first kappa shape index (κ1) is 19.1. The van der Waals surface area contributed by atoms with Gasteiger partial charge in [-0.25, -0.2) is 4.79 Å². The second kappa shape index (κ2) is 5.39. The van der Waals surface area contributed by atoms with E-state index in [0.717, 1.165) is 30.4 Å². The van der Waals surface area contributed by atoms with Gasteiger partial charge in [0.25, 0.3) is 0 Å². The van der Waals surface area contributed by atoms with Crippen LogP contribution in [0.25, 0.3) is 0 Å². The average Bonchev–Trinajstić information content (AvgIpc) is 3.24. The number of fused-ring (bicyclic) bond motifs is 1. The molecule has 2 aliphatic carbocycles. The summed E-state index contributed by atoms with van der Waals surface area (Å²) in [6.07, 6.45) is 11.2. The molecule has 2 saturated heterocycles. The van der Waals surface area contributed by atoms with E-state index < -0.39 is 22.4 Å². The number of furan rings is 1. The van der Waals surface area contributed by atoms with Crippen LogP contribution in [0.15, 0.2) is 46.8 Å². The van der Waals surface area contributed by atoms with E-state index in [4.69, 9.17) is 23.4 Å². The molecule has 168 valence electrons. The van der Waals surface area contributed by atoms with Gasteiger partial charge in [-0.2, -0.15) is 0 Å². The Bertz CT molecular complexity index is 1120. The molecule has 0 bridgehead atoms. The molecule has 6 aliphatic rings. The monoisotopic (exact) mass is 438 g/mol. The van der Waals surface area contributed by atoms with Gasteiger partial charge in [-0.1, -0.05) is 0 Å². The number of carbonyl (C=O) groups excluding carboxylic acids is 2. The van der Waals surface area contributed by atoms with E-state index >= 15 is 0 Å². The summed E-state index contributed by atoms with van der Waals surface area (Å²) in [4.78, 5) is 25.1. The first-order chi connectivity index (χ1) is 15.1. The Hall–Kier alpha value is -2.38. The molecule has 7 rings (SSSR count). The minimum Gasteiger partial charge on any atom is -0.472 e. The minimum atomic E-state index is -0.929. The predicted molar refractivity (Wildman–Crippen MR) is 109 cm³/mol. The first-order valence-electron chi connectivity index (χ1n) is 11.4. The van der Waals surface area contributed by atoms with Gasteiger partial charge in [-0.15, -0.1) is 0 Å². The summed E-state index contributed by atoms with van der Waals surface area (Å²) in [6.45, 7) is 5.95. The zero-order chi connectivity index (χ0) is 22.1. The molecule has 4 aliphatic heterocycles. The Labute approximate surface area is 185 Å². The van der Waals surface area contributed by atoms with Crippen LogP contribution in [0, 0.1) is 16.7 Å². The Morgan fingerprint density at radius 1 is 1.16 bits per heavy atom. The van der Waals surface area contributed by atoms with Crippen LogP contribution < -0.4 is 0 Å². The van der Waals surface area contributed by atoms with Gasteiger partial charge in [0.2, 0.25) is 0 Å². The molecule has 0 aromatic carbocycles. The number of esters is 2. The fourth-order valence-corrected chi connectivity index (χ4v) is 7.61. The Morgan fingerprint density at radius 3 is 2.72 bits per heavy atom. The maximum Gasteiger partial charge on any atom is 0.331 e. The van der Waals surface area contributed by atoms with E-state index in [1.165, 1.54) is 6.08 Å². The summed E-state index contributed by atoms with van der Waals surface area (Å²) in [5.74, 6) is -1.51. The molecule has 1 spiro atoms. The highest BCUT2D eigenvalue weighted by Crippen LogP contribution is 2.83. The van der Waals surface area contributed by atoms with Crippen molar-refractivity contribution in [3.8, 4) is 0 Å². The van der Waals surface area contributed by atoms with E-state index in [0.29, 0.717) is 6.42 Å². The van der Waals surface area contributed by atoms with E-state index in [2.05, 4.69) is 6.08 Å². The fraction of sp³-hybridized carbons (Fsp3) is 0.600. The van der Waals surface area contributed by atoms with Gasteiger partial charge in [-0.05, 0) is 63.8 Å². The lowest BCUT2D eigenvalue weighted by molar-refractivity contribution is -0.223. The van der Waals surface area contributed by atoms with Crippen molar-refractivity contribution in [1.29, 1.82) is 0 Å². The number of rotatable bonds is 2. The third kappa shape index (κ3) is 2.05. The third-order valence-corrected chi connectivity index (χ3v) is 8.96. The second-order valence-corrected chi connectivity index (χ2v) is 11.0. The molecular formula is C25H26O7. The van der Waals surface area contributed by atoms with Crippen molar-refractivity contribution in [2.45, 2.75) is 75.7 Å². The topological polar surface area (TPSA) is 84.2 Å². The number of hydrogen-bond donors (Lipinski definition) is 0. The maximum atomic E-state index is 13.2. The largest absolute Gasteiger partial charge is 0.472 e. The van der Waals surface area contributed by atoms with Crippen molar-refractivity contribution in [3.05, 3.63) is 48.0 Å². The van der Waals surface area contributed by atoms with Crippen molar-refractivity contribution >= 4 is 11.9 Å². The zero-order valence-corrected chi connectivity index (χ0v) is 18.4. The van der Waals surface area contributed by atoms with Gasteiger partial charge >= 0.3 is 11.9 Å². The minimum absolute atomic E-state index is 0.0922. The van der Waals surface area contributed by atoms with Crippen LogP contribution in [-0.4, -0.2) is 35.0 Å². The molecule has 0 radical (unpaired) electrons. The van der Waals surface area contributed by atoms with Crippen molar-refractivity contribution in [2.24, 2.45) is 16.7 Å². The molecule has 4 fully saturated rings. The highest BCUT2D eigenvalue weighted by molar-refractivity contribution is 5.90. The SMILES string of the molecule is CC1(C)O[C@@]2(C=C3[C@@H](CC[C@]45C[C@]34C(=O)O[C@H]5c3ccoc3)O2)C[C@H]1[C@]1(C)C=CC(=O)O1. The molecule has 7 atom stereocenters. The highest BCUT2D eigenvalue weighted by atomic mass is 16.7. The smallest absolute Gasteiger partial charge is 0.331 e. The van der Waals surface area contributed by atoms with Gasteiger partial charge in [0.15, 0.2) is 5.79 Å². The number of ether oxygens (including phenoxy) is 4. The second-order valence-electron chi connectivity index (χ2n) is 11.0. The van der Waals surface area contributed by atoms with Crippen LogP contribution in [0.3, 0.4) is 0 Å². The van der Waals surface area contributed by atoms with Gasteiger partial charge in [0, 0.05) is 29.4 Å².